The SMILES string of the molecule is O=C(O)C(OP(=O)(O)Cc1ccccc1)c1ccc2ccccc2c1. The number of fused-ring (bicyclic) bond motifs is 1. The highest BCUT2D eigenvalue weighted by atomic mass is 31.2. The predicted octanol–water partition coefficient (Wildman–Crippen LogP) is 4.37. The van der Waals surface area contributed by atoms with Gasteiger partial charge in [0.15, 0.2) is 6.10 Å². The molecule has 25 heavy (non-hydrogen) atoms. The molecule has 0 amide bonds. The van der Waals surface area contributed by atoms with Crippen LogP contribution < -0.4 is 0 Å². The van der Waals surface area contributed by atoms with Gasteiger partial charge in [0.25, 0.3) is 0 Å². The van der Waals surface area contributed by atoms with Crippen LogP contribution in [0.15, 0.2) is 72.8 Å². The lowest BCUT2D eigenvalue weighted by atomic mass is 10.0. The summed E-state index contributed by atoms with van der Waals surface area (Å²) < 4.78 is 17.6. The molecule has 3 rings (SSSR count). The van der Waals surface area contributed by atoms with Crippen molar-refractivity contribution in [1.82, 2.24) is 0 Å². The molecule has 0 aliphatic carbocycles. The summed E-state index contributed by atoms with van der Waals surface area (Å²) in [5.41, 5.74) is 0.935. The Hall–Kier alpha value is -2.46. The van der Waals surface area contributed by atoms with Gasteiger partial charge in [-0.2, -0.15) is 0 Å². The molecule has 0 aliphatic rings. The second-order valence-corrected chi connectivity index (χ2v) is 7.51. The van der Waals surface area contributed by atoms with Crippen LogP contribution in [0.4, 0.5) is 0 Å². The zero-order valence-electron chi connectivity index (χ0n) is 13.3. The lowest BCUT2D eigenvalue weighted by molar-refractivity contribution is -0.145. The molecule has 0 spiro atoms. The van der Waals surface area contributed by atoms with Crippen molar-refractivity contribution in [1.29, 1.82) is 0 Å². The first kappa shape index (κ1) is 17.4. The monoisotopic (exact) mass is 356 g/mol. The van der Waals surface area contributed by atoms with E-state index in [4.69, 9.17) is 4.52 Å². The predicted molar refractivity (Wildman–Crippen MR) is 95.4 cm³/mol. The van der Waals surface area contributed by atoms with Crippen molar-refractivity contribution in [2.24, 2.45) is 0 Å². The van der Waals surface area contributed by atoms with Crippen LogP contribution in [0.3, 0.4) is 0 Å². The maximum atomic E-state index is 12.4. The van der Waals surface area contributed by atoms with Crippen LogP contribution in [0, 0.1) is 0 Å². The van der Waals surface area contributed by atoms with Gasteiger partial charge in [0.1, 0.15) is 0 Å². The van der Waals surface area contributed by atoms with Crippen molar-refractivity contribution in [3.05, 3.63) is 83.9 Å². The smallest absolute Gasteiger partial charge is 0.338 e. The number of benzene rings is 3. The maximum absolute atomic E-state index is 12.4. The van der Waals surface area contributed by atoms with Gasteiger partial charge in [-0.25, -0.2) is 4.79 Å². The Bertz CT molecular complexity index is 939. The van der Waals surface area contributed by atoms with Crippen LogP contribution in [0.2, 0.25) is 0 Å². The number of carboxylic acids is 1. The number of hydrogen-bond donors (Lipinski definition) is 2. The molecule has 5 nitrogen and oxygen atoms in total. The molecule has 3 aromatic rings. The lowest BCUT2D eigenvalue weighted by Crippen LogP contribution is -2.14. The molecule has 0 aliphatic heterocycles. The molecule has 6 heteroatoms. The molecule has 0 fully saturated rings. The van der Waals surface area contributed by atoms with E-state index in [1.807, 2.05) is 24.3 Å². The first-order chi connectivity index (χ1) is 11.9. The van der Waals surface area contributed by atoms with E-state index in [9.17, 15) is 19.4 Å². The van der Waals surface area contributed by atoms with Crippen molar-refractivity contribution >= 4 is 24.3 Å². The van der Waals surface area contributed by atoms with Crippen molar-refractivity contribution < 1.29 is 23.9 Å². The molecule has 0 heterocycles. The second-order valence-electron chi connectivity index (χ2n) is 5.71. The van der Waals surface area contributed by atoms with Crippen LogP contribution in [0.5, 0.6) is 0 Å². The summed E-state index contributed by atoms with van der Waals surface area (Å²) in [6.07, 6.45) is -1.75. The second kappa shape index (κ2) is 7.19. The first-order valence-corrected chi connectivity index (χ1v) is 9.46. The number of carbonyl (C=O) groups is 1. The highest BCUT2D eigenvalue weighted by molar-refractivity contribution is 7.52. The molecule has 0 bridgehead atoms. The van der Waals surface area contributed by atoms with E-state index in [1.54, 1.807) is 48.5 Å². The number of rotatable bonds is 6. The number of hydrogen-bond acceptors (Lipinski definition) is 3. The fourth-order valence-electron chi connectivity index (χ4n) is 2.64. The summed E-state index contributed by atoms with van der Waals surface area (Å²) in [6.45, 7) is 0. The molecule has 0 aromatic heterocycles. The van der Waals surface area contributed by atoms with Crippen molar-refractivity contribution in [2.75, 3.05) is 0 Å². The Morgan fingerprint density at radius 2 is 1.60 bits per heavy atom. The van der Waals surface area contributed by atoms with Gasteiger partial charge in [-0.05, 0) is 28.0 Å². The molecule has 2 atom stereocenters. The summed E-state index contributed by atoms with van der Waals surface area (Å²) >= 11 is 0. The molecule has 128 valence electrons. The molecular formula is C19H17O5P. The van der Waals surface area contributed by atoms with Gasteiger partial charge >= 0.3 is 13.6 Å². The van der Waals surface area contributed by atoms with Gasteiger partial charge in [0.05, 0.1) is 6.16 Å². The third kappa shape index (κ3) is 4.34. The van der Waals surface area contributed by atoms with Crippen molar-refractivity contribution in [2.45, 2.75) is 12.3 Å². The first-order valence-electron chi connectivity index (χ1n) is 7.70. The Kier molecular flexibility index (Phi) is 5.00. The summed E-state index contributed by atoms with van der Waals surface area (Å²) in [4.78, 5) is 21.7. The normalized spacial score (nSPS) is 14.8. The van der Waals surface area contributed by atoms with Gasteiger partial charge in [-0.15, -0.1) is 0 Å². The van der Waals surface area contributed by atoms with Gasteiger partial charge in [0.2, 0.25) is 0 Å². The fourth-order valence-corrected chi connectivity index (χ4v) is 3.92. The molecular weight excluding hydrogens is 339 g/mol. The van der Waals surface area contributed by atoms with Gasteiger partial charge in [0, 0.05) is 0 Å². The fraction of sp³-hybridized carbons (Fsp3) is 0.105. The molecule has 0 saturated heterocycles. The molecule has 3 aromatic carbocycles. The van der Waals surface area contributed by atoms with Crippen LogP contribution in [0.25, 0.3) is 10.8 Å². The third-order valence-electron chi connectivity index (χ3n) is 3.80. The Morgan fingerprint density at radius 3 is 2.28 bits per heavy atom. The highest BCUT2D eigenvalue weighted by Gasteiger charge is 2.31. The van der Waals surface area contributed by atoms with E-state index in [1.165, 1.54) is 0 Å². The number of aliphatic carboxylic acids is 1. The molecule has 0 saturated carbocycles. The maximum Gasteiger partial charge on any atom is 0.338 e. The third-order valence-corrected chi connectivity index (χ3v) is 5.10. The van der Waals surface area contributed by atoms with Crippen LogP contribution in [-0.4, -0.2) is 16.0 Å². The standard InChI is InChI=1S/C19H17O5P/c20-19(21)18(17-11-10-15-8-4-5-9-16(15)12-17)24-25(22,23)13-14-6-2-1-3-7-14/h1-12,18H,13H2,(H,20,21)(H,22,23). The van der Waals surface area contributed by atoms with E-state index in [-0.39, 0.29) is 6.16 Å². The van der Waals surface area contributed by atoms with E-state index in [0.29, 0.717) is 11.1 Å². The van der Waals surface area contributed by atoms with E-state index in [0.717, 1.165) is 10.8 Å². The lowest BCUT2D eigenvalue weighted by Gasteiger charge is -2.19. The zero-order valence-corrected chi connectivity index (χ0v) is 14.2. The molecule has 2 unspecified atom stereocenters. The summed E-state index contributed by atoms with van der Waals surface area (Å²) in [5, 5.41) is 11.3. The minimum Gasteiger partial charge on any atom is -0.479 e. The largest absolute Gasteiger partial charge is 0.479 e. The zero-order chi connectivity index (χ0) is 17.9. The summed E-state index contributed by atoms with van der Waals surface area (Å²) in [7, 11) is -4.13. The molecule has 0 radical (unpaired) electrons. The number of carboxylic acid groups (broad SMARTS) is 1. The van der Waals surface area contributed by atoms with E-state index in [2.05, 4.69) is 0 Å². The average Bonchev–Trinajstić information content (AvgIpc) is 2.59. The minimum atomic E-state index is -4.13. The van der Waals surface area contributed by atoms with Gasteiger partial charge in [-0.3, -0.25) is 9.09 Å². The highest BCUT2D eigenvalue weighted by Crippen LogP contribution is 2.50. The Labute approximate surface area is 145 Å². The summed E-state index contributed by atoms with van der Waals surface area (Å²) in [5.74, 6) is -1.31. The average molecular weight is 356 g/mol. The quantitative estimate of drug-likeness (QED) is 0.641. The van der Waals surface area contributed by atoms with E-state index < -0.39 is 19.7 Å². The van der Waals surface area contributed by atoms with Gasteiger partial charge < -0.3 is 10.00 Å². The minimum absolute atomic E-state index is 0.245. The van der Waals surface area contributed by atoms with Crippen molar-refractivity contribution in [3.63, 3.8) is 0 Å². The van der Waals surface area contributed by atoms with Crippen LogP contribution in [-0.2, 0) is 20.0 Å². The Balaban J connectivity index is 1.87. The van der Waals surface area contributed by atoms with Crippen LogP contribution >= 0.6 is 7.60 Å². The summed E-state index contributed by atoms with van der Waals surface area (Å²) in [6, 6.07) is 21.2. The van der Waals surface area contributed by atoms with Gasteiger partial charge in [-0.1, -0.05) is 66.7 Å². The van der Waals surface area contributed by atoms with Crippen LogP contribution in [0.1, 0.15) is 17.2 Å². The topological polar surface area (TPSA) is 83.8 Å². The van der Waals surface area contributed by atoms with Crippen molar-refractivity contribution in [3.8, 4) is 0 Å². The Morgan fingerprint density at radius 1 is 0.960 bits per heavy atom. The molecule has 2 N–H and O–H groups in total. The van der Waals surface area contributed by atoms with E-state index >= 15 is 0 Å².